The van der Waals surface area contributed by atoms with E-state index in [-0.39, 0.29) is 35.9 Å². The van der Waals surface area contributed by atoms with E-state index in [1.54, 1.807) is 4.90 Å². The molecule has 0 radical (unpaired) electrons. The lowest BCUT2D eigenvalue weighted by atomic mass is 9.69. The van der Waals surface area contributed by atoms with Crippen molar-refractivity contribution in [2.45, 2.75) is 69.1 Å². The lowest BCUT2D eigenvalue weighted by molar-refractivity contribution is -0.133. The summed E-state index contributed by atoms with van der Waals surface area (Å²) < 4.78 is 6.44. The first-order valence-electron chi connectivity index (χ1n) is 20.2. The minimum atomic E-state index is -0.483. The lowest BCUT2D eigenvalue weighted by Gasteiger charge is -2.36. The molecule has 1 amide bonds. The van der Waals surface area contributed by atoms with Crippen LogP contribution in [-0.2, 0) is 27.3 Å². The molecular formula is C46H50N4O5. The number of hydrogen-bond donors (Lipinski definition) is 1. The average Bonchev–Trinajstić information content (AvgIpc) is 3.82. The van der Waals surface area contributed by atoms with Crippen molar-refractivity contribution in [2.24, 2.45) is 0 Å². The zero-order valence-corrected chi connectivity index (χ0v) is 31.4. The maximum atomic E-state index is 13.1. The molecule has 0 spiro atoms. The molecule has 4 aromatic carbocycles. The van der Waals surface area contributed by atoms with Crippen molar-refractivity contribution in [1.82, 2.24) is 9.80 Å². The number of carbonyl (C=O) groups is 3. The molecule has 2 aliphatic carbocycles. The number of hydrogen-bond acceptors (Lipinski definition) is 8. The van der Waals surface area contributed by atoms with E-state index in [1.807, 2.05) is 24.3 Å². The Morgan fingerprint density at radius 2 is 1.51 bits per heavy atom. The minimum absolute atomic E-state index is 0.0235. The van der Waals surface area contributed by atoms with Gasteiger partial charge in [0, 0.05) is 81.6 Å². The van der Waals surface area contributed by atoms with Gasteiger partial charge in [-0.05, 0) is 102 Å². The maximum absolute atomic E-state index is 13.1. The maximum Gasteiger partial charge on any atom is 0.255 e. The summed E-state index contributed by atoms with van der Waals surface area (Å²) in [5.74, 6) is 0.737. The molecule has 3 fully saturated rings. The van der Waals surface area contributed by atoms with E-state index < -0.39 is 6.04 Å². The van der Waals surface area contributed by atoms with Crippen molar-refractivity contribution in [2.75, 3.05) is 62.2 Å². The number of nitrogens with zero attached hydrogens (tertiary/aromatic N) is 4. The fourth-order valence-electron chi connectivity index (χ4n) is 9.81. The summed E-state index contributed by atoms with van der Waals surface area (Å²) >= 11 is 0. The smallest absolute Gasteiger partial charge is 0.255 e. The Labute approximate surface area is 323 Å². The number of carbonyl (C=O) groups excluding carboxylic acids is 3. The van der Waals surface area contributed by atoms with E-state index >= 15 is 0 Å². The van der Waals surface area contributed by atoms with Gasteiger partial charge < -0.3 is 24.5 Å². The Morgan fingerprint density at radius 1 is 0.709 bits per heavy atom. The van der Waals surface area contributed by atoms with E-state index in [9.17, 15) is 19.5 Å². The Balaban J connectivity index is 0.753. The molecule has 284 valence electrons. The number of ketones is 2. The summed E-state index contributed by atoms with van der Waals surface area (Å²) in [6, 6.07) is 31.6. The molecule has 4 atom stereocenters. The highest BCUT2D eigenvalue weighted by Crippen LogP contribution is 2.47. The van der Waals surface area contributed by atoms with Crippen LogP contribution in [0, 0.1) is 0 Å². The summed E-state index contributed by atoms with van der Waals surface area (Å²) in [5, 5.41) is 10.2. The van der Waals surface area contributed by atoms with E-state index in [0.717, 1.165) is 82.9 Å². The molecule has 3 heterocycles. The van der Waals surface area contributed by atoms with Crippen LogP contribution in [0.3, 0.4) is 0 Å². The molecule has 1 unspecified atom stereocenters. The number of ether oxygens (including phenoxy) is 1. The molecule has 1 saturated carbocycles. The second kappa shape index (κ2) is 15.3. The van der Waals surface area contributed by atoms with E-state index in [1.165, 1.54) is 27.9 Å². The van der Waals surface area contributed by atoms with Gasteiger partial charge in [-0.15, -0.1) is 0 Å². The van der Waals surface area contributed by atoms with Crippen LogP contribution >= 0.6 is 0 Å². The number of aryl methyl sites for hydroxylation is 1. The first-order valence-corrected chi connectivity index (χ1v) is 20.2. The van der Waals surface area contributed by atoms with Crippen LogP contribution in [0.1, 0.15) is 82.1 Å². The Kier molecular flexibility index (Phi) is 9.91. The standard InChI is InChI=1S/C46H50N4O5/c51-37-12-16-41-33(27-37)8-14-40(31-4-2-1-3-5-31)45(41)32-6-9-35(10-7-32)49-19-18-39(30-49)55-25-24-47-20-22-48(23-21-47)36-11-15-42-34(26-36)29-50(46(42)54)43-17-13-38(52)28-44(43)53/h1-7,9-12,15-16,26-27,39-40,43,45,51H,8,13-14,17-25,28-30H2/t39-,40-,43?,45+/m0/s1. The predicted molar refractivity (Wildman–Crippen MR) is 213 cm³/mol. The quantitative estimate of drug-likeness (QED) is 0.200. The van der Waals surface area contributed by atoms with Crippen LogP contribution in [0.5, 0.6) is 5.75 Å². The van der Waals surface area contributed by atoms with Gasteiger partial charge in [0.1, 0.15) is 11.5 Å². The van der Waals surface area contributed by atoms with Crippen LogP contribution in [0.2, 0.25) is 0 Å². The highest BCUT2D eigenvalue weighted by atomic mass is 16.5. The summed E-state index contributed by atoms with van der Waals surface area (Å²) in [6.07, 6.45) is 4.02. The second-order valence-electron chi connectivity index (χ2n) is 16.1. The third kappa shape index (κ3) is 7.28. The van der Waals surface area contributed by atoms with Crippen molar-refractivity contribution in [3.05, 3.63) is 124 Å². The molecular weight excluding hydrogens is 689 g/mol. The topological polar surface area (TPSA) is 93.6 Å². The molecule has 9 rings (SSSR count). The number of rotatable bonds is 9. The van der Waals surface area contributed by atoms with E-state index in [4.69, 9.17) is 4.74 Å². The number of amides is 1. The van der Waals surface area contributed by atoms with Crippen LogP contribution in [-0.4, -0.2) is 96.9 Å². The first-order chi connectivity index (χ1) is 26.9. The number of fused-ring (bicyclic) bond motifs is 2. The molecule has 1 N–H and O–H groups in total. The molecule has 0 bridgehead atoms. The van der Waals surface area contributed by atoms with Gasteiger partial charge in [-0.1, -0.05) is 48.5 Å². The summed E-state index contributed by atoms with van der Waals surface area (Å²) in [7, 11) is 0. The van der Waals surface area contributed by atoms with E-state index in [0.29, 0.717) is 36.6 Å². The molecule has 55 heavy (non-hydrogen) atoms. The molecule has 9 nitrogen and oxygen atoms in total. The van der Waals surface area contributed by atoms with Crippen LogP contribution in [0.4, 0.5) is 11.4 Å². The van der Waals surface area contributed by atoms with Gasteiger partial charge in [0.2, 0.25) is 0 Å². The number of Topliss-reactive ketones (excluding diaryl/α,β-unsaturated/α-hetero) is 2. The van der Waals surface area contributed by atoms with Gasteiger partial charge in [-0.2, -0.15) is 0 Å². The van der Waals surface area contributed by atoms with Gasteiger partial charge in [-0.25, -0.2) is 0 Å². The summed E-state index contributed by atoms with van der Waals surface area (Å²) in [6.45, 7) is 7.68. The molecule has 3 aliphatic heterocycles. The van der Waals surface area contributed by atoms with E-state index in [2.05, 4.69) is 81.4 Å². The SMILES string of the molecule is O=C1CCC(N2Cc3cc(N4CCN(CCO[C@H]5CCN(c6ccc([C@H]7c8ccc(O)cc8CC[C@H]7c7ccccc7)cc6)C5)CC4)ccc3C2=O)C(=O)C1. The fraction of sp³-hybridized carbons (Fsp3) is 0.413. The highest BCUT2D eigenvalue weighted by molar-refractivity contribution is 6.07. The Morgan fingerprint density at radius 3 is 2.31 bits per heavy atom. The fourth-order valence-corrected chi connectivity index (χ4v) is 9.81. The number of aromatic hydroxyl groups is 1. The van der Waals surface area contributed by atoms with Crippen LogP contribution < -0.4 is 9.80 Å². The summed E-state index contributed by atoms with van der Waals surface area (Å²) in [5.41, 5.74) is 9.28. The third-order valence-corrected chi connectivity index (χ3v) is 12.8. The number of phenols is 1. The van der Waals surface area contributed by atoms with Gasteiger partial charge in [0.05, 0.1) is 25.2 Å². The minimum Gasteiger partial charge on any atom is -0.508 e. The zero-order valence-electron chi connectivity index (χ0n) is 31.4. The van der Waals surface area contributed by atoms with Crippen LogP contribution in [0.25, 0.3) is 0 Å². The first kappa shape index (κ1) is 35.7. The number of anilines is 2. The van der Waals surface area contributed by atoms with Crippen molar-refractivity contribution >= 4 is 28.8 Å². The Hall–Kier alpha value is -4.99. The predicted octanol–water partition coefficient (Wildman–Crippen LogP) is 6.32. The average molecular weight is 739 g/mol. The van der Waals surface area contributed by atoms with Crippen molar-refractivity contribution in [3.63, 3.8) is 0 Å². The number of benzene rings is 4. The van der Waals surface area contributed by atoms with Crippen molar-refractivity contribution in [3.8, 4) is 5.75 Å². The lowest BCUT2D eigenvalue weighted by Crippen LogP contribution is -2.47. The second-order valence-corrected chi connectivity index (χ2v) is 16.1. The molecule has 0 aromatic heterocycles. The van der Waals surface area contributed by atoms with Crippen molar-refractivity contribution < 1.29 is 24.2 Å². The van der Waals surface area contributed by atoms with Gasteiger partial charge >= 0.3 is 0 Å². The van der Waals surface area contributed by atoms with Gasteiger partial charge in [-0.3, -0.25) is 19.3 Å². The van der Waals surface area contributed by atoms with Gasteiger partial charge in [0.15, 0.2) is 5.78 Å². The number of phenolic OH excluding ortho intramolecular Hbond substituents is 1. The highest BCUT2D eigenvalue weighted by Gasteiger charge is 2.39. The van der Waals surface area contributed by atoms with Crippen molar-refractivity contribution in [1.29, 1.82) is 0 Å². The zero-order chi connectivity index (χ0) is 37.5. The largest absolute Gasteiger partial charge is 0.508 e. The van der Waals surface area contributed by atoms with Gasteiger partial charge in [0.25, 0.3) is 5.91 Å². The molecule has 2 saturated heterocycles. The Bertz CT molecular complexity index is 2060. The molecule has 5 aliphatic rings. The molecule has 4 aromatic rings. The monoisotopic (exact) mass is 738 g/mol. The normalized spacial score (nSPS) is 24.4. The molecule has 9 heteroatoms. The van der Waals surface area contributed by atoms with Crippen LogP contribution in [0.15, 0.2) is 91.0 Å². The third-order valence-electron chi connectivity index (χ3n) is 12.8. The number of piperazine rings is 1. The summed E-state index contributed by atoms with van der Waals surface area (Å²) in [4.78, 5) is 46.4.